The van der Waals surface area contributed by atoms with Gasteiger partial charge in [-0.2, -0.15) is 5.10 Å². The maximum absolute atomic E-state index is 13.5. The fourth-order valence-electron chi connectivity index (χ4n) is 3.98. The number of carbonyl (C=O) groups is 1. The van der Waals surface area contributed by atoms with E-state index in [4.69, 9.17) is 15.6 Å². The lowest BCUT2D eigenvalue weighted by atomic mass is 10.1. The van der Waals surface area contributed by atoms with E-state index in [1.165, 1.54) is 0 Å². The Morgan fingerprint density at radius 2 is 2.00 bits per heavy atom. The molecule has 6 nitrogen and oxygen atoms in total. The number of carbonyl (C=O) groups excluding carboxylic acids is 1. The molecule has 1 aliphatic heterocycles. The SMILES string of the molecule is COc1cccc(-c2nn(-c3ccccc3)cc2C(=O)N2CC(CN)CC2C)c1. The van der Waals surface area contributed by atoms with E-state index in [1.807, 2.05) is 65.7 Å². The lowest BCUT2D eigenvalue weighted by molar-refractivity contribution is 0.0744. The Balaban J connectivity index is 1.79. The van der Waals surface area contributed by atoms with Gasteiger partial charge in [0.1, 0.15) is 11.4 Å². The summed E-state index contributed by atoms with van der Waals surface area (Å²) < 4.78 is 7.14. The van der Waals surface area contributed by atoms with Crippen LogP contribution in [0.5, 0.6) is 5.75 Å². The van der Waals surface area contributed by atoms with Crippen LogP contribution < -0.4 is 10.5 Å². The van der Waals surface area contributed by atoms with E-state index in [1.54, 1.807) is 11.8 Å². The highest BCUT2D eigenvalue weighted by molar-refractivity contribution is 6.00. The number of para-hydroxylation sites is 1. The monoisotopic (exact) mass is 390 g/mol. The van der Waals surface area contributed by atoms with E-state index in [0.717, 1.165) is 23.4 Å². The van der Waals surface area contributed by atoms with Gasteiger partial charge in [-0.25, -0.2) is 4.68 Å². The molecule has 1 aliphatic rings. The minimum Gasteiger partial charge on any atom is -0.497 e. The Labute approximate surface area is 170 Å². The van der Waals surface area contributed by atoms with Gasteiger partial charge in [-0.3, -0.25) is 4.79 Å². The molecular weight excluding hydrogens is 364 g/mol. The molecule has 0 bridgehead atoms. The third-order valence-electron chi connectivity index (χ3n) is 5.56. The van der Waals surface area contributed by atoms with Gasteiger partial charge in [0.2, 0.25) is 0 Å². The molecule has 1 saturated heterocycles. The van der Waals surface area contributed by atoms with E-state index in [9.17, 15) is 4.79 Å². The van der Waals surface area contributed by atoms with Crippen LogP contribution in [0.2, 0.25) is 0 Å². The van der Waals surface area contributed by atoms with Crippen molar-refractivity contribution in [3.63, 3.8) is 0 Å². The van der Waals surface area contributed by atoms with Gasteiger partial charge >= 0.3 is 0 Å². The molecule has 1 fully saturated rings. The Hall–Kier alpha value is -3.12. The molecule has 2 unspecified atom stereocenters. The number of rotatable bonds is 5. The van der Waals surface area contributed by atoms with Crippen molar-refractivity contribution in [2.45, 2.75) is 19.4 Å². The quantitative estimate of drug-likeness (QED) is 0.725. The molecule has 3 aromatic rings. The van der Waals surface area contributed by atoms with Crippen molar-refractivity contribution < 1.29 is 9.53 Å². The van der Waals surface area contributed by atoms with Crippen molar-refractivity contribution in [3.05, 3.63) is 66.4 Å². The number of benzene rings is 2. The summed E-state index contributed by atoms with van der Waals surface area (Å²) in [6, 6.07) is 17.6. The minimum absolute atomic E-state index is 0.00606. The first-order valence-electron chi connectivity index (χ1n) is 9.91. The Bertz CT molecular complexity index is 999. The number of nitrogens with zero attached hydrogens (tertiary/aromatic N) is 3. The van der Waals surface area contributed by atoms with Gasteiger partial charge in [-0.05, 0) is 50.1 Å². The Morgan fingerprint density at radius 1 is 1.21 bits per heavy atom. The molecule has 4 rings (SSSR count). The molecule has 150 valence electrons. The van der Waals surface area contributed by atoms with Crippen LogP contribution in [-0.2, 0) is 0 Å². The van der Waals surface area contributed by atoms with E-state index >= 15 is 0 Å². The number of aromatic nitrogens is 2. The second-order valence-corrected chi connectivity index (χ2v) is 7.55. The van der Waals surface area contributed by atoms with Crippen LogP contribution in [0, 0.1) is 5.92 Å². The predicted octanol–water partition coefficient (Wildman–Crippen LogP) is 3.36. The summed E-state index contributed by atoms with van der Waals surface area (Å²) in [6.45, 7) is 3.37. The molecule has 2 aromatic carbocycles. The molecule has 1 aromatic heterocycles. The minimum atomic E-state index is -0.00606. The fourth-order valence-corrected chi connectivity index (χ4v) is 3.98. The van der Waals surface area contributed by atoms with E-state index < -0.39 is 0 Å². The van der Waals surface area contributed by atoms with Gasteiger partial charge in [0.25, 0.3) is 5.91 Å². The Kier molecular flexibility index (Phi) is 5.36. The molecule has 2 heterocycles. The highest BCUT2D eigenvalue weighted by Gasteiger charge is 2.34. The first-order chi connectivity index (χ1) is 14.1. The van der Waals surface area contributed by atoms with Crippen molar-refractivity contribution >= 4 is 5.91 Å². The van der Waals surface area contributed by atoms with E-state index in [0.29, 0.717) is 30.3 Å². The number of nitrogens with two attached hydrogens (primary N) is 1. The van der Waals surface area contributed by atoms with Gasteiger partial charge in [0, 0.05) is 24.3 Å². The summed E-state index contributed by atoms with van der Waals surface area (Å²) in [5.74, 6) is 1.07. The van der Waals surface area contributed by atoms with Crippen LogP contribution in [-0.4, -0.2) is 46.8 Å². The molecule has 2 N–H and O–H groups in total. The molecular formula is C23H26N4O2. The fraction of sp³-hybridized carbons (Fsp3) is 0.304. The number of hydrogen-bond acceptors (Lipinski definition) is 4. The third-order valence-corrected chi connectivity index (χ3v) is 5.56. The first-order valence-corrected chi connectivity index (χ1v) is 9.91. The van der Waals surface area contributed by atoms with Crippen LogP contribution >= 0.6 is 0 Å². The molecule has 0 aliphatic carbocycles. The summed E-state index contributed by atoms with van der Waals surface area (Å²) in [6.07, 6.45) is 2.76. The molecule has 1 amide bonds. The summed E-state index contributed by atoms with van der Waals surface area (Å²) in [5.41, 5.74) is 8.86. The van der Waals surface area contributed by atoms with Crippen LogP contribution in [0.3, 0.4) is 0 Å². The van der Waals surface area contributed by atoms with Gasteiger partial charge in [-0.15, -0.1) is 0 Å². The molecule has 29 heavy (non-hydrogen) atoms. The zero-order valence-electron chi connectivity index (χ0n) is 16.8. The van der Waals surface area contributed by atoms with Crippen molar-refractivity contribution in [1.82, 2.24) is 14.7 Å². The standard InChI is InChI=1S/C23H26N4O2/c1-16-11-17(13-24)14-26(16)23(28)21-15-27(19-8-4-3-5-9-19)25-22(21)18-7-6-10-20(12-18)29-2/h3-10,12,15-17H,11,13-14,24H2,1-2H3. The van der Waals surface area contributed by atoms with Crippen molar-refractivity contribution in [3.8, 4) is 22.7 Å². The zero-order valence-corrected chi connectivity index (χ0v) is 16.8. The first kappa shape index (κ1) is 19.2. The lowest BCUT2D eigenvalue weighted by Gasteiger charge is -2.21. The average molecular weight is 390 g/mol. The number of hydrogen-bond donors (Lipinski definition) is 1. The molecule has 2 atom stereocenters. The second kappa shape index (κ2) is 8.09. The van der Waals surface area contributed by atoms with Crippen LogP contribution in [0.4, 0.5) is 0 Å². The highest BCUT2D eigenvalue weighted by atomic mass is 16.5. The lowest BCUT2D eigenvalue weighted by Crippen LogP contribution is -2.34. The van der Waals surface area contributed by atoms with Crippen molar-refractivity contribution in [1.29, 1.82) is 0 Å². The molecule has 0 saturated carbocycles. The number of ether oxygens (including phenoxy) is 1. The molecule has 0 spiro atoms. The summed E-state index contributed by atoms with van der Waals surface area (Å²) >= 11 is 0. The highest BCUT2D eigenvalue weighted by Crippen LogP contribution is 2.30. The largest absolute Gasteiger partial charge is 0.497 e. The van der Waals surface area contributed by atoms with Gasteiger partial charge in [0.15, 0.2) is 0 Å². The topological polar surface area (TPSA) is 73.4 Å². The maximum Gasteiger partial charge on any atom is 0.257 e. The maximum atomic E-state index is 13.5. The van der Waals surface area contributed by atoms with Crippen LogP contribution in [0.25, 0.3) is 16.9 Å². The zero-order chi connectivity index (χ0) is 20.4. The van der Waals surface area contributed by atoms with E-state index in [-0.39, 0.29) is 11.9 Å². The number of likely N-dealkylation sites (tertiary alicyclic amines) is 1. The summed E-state index contributed by atoms with van der Waals surface area (Å²) in [7, 11) is 1.63. The average Bonchev–Trinajstić information content (AvgIpc) is 3.38. The normalized spacial score (nSPS) is 18.8. The van der Waals surface area contributed by atoms with Gasteiger partial charge < -0.3 is 15.4 Å². The van der Waals surface area contributed by atoms with Gasteiger partial charge in [-0.1, -0.05) is 30.3 Å². The smallest absolute Gasteiger partial charge is 0.257 e. The Morgan fingerprint density at radius 3 is 2.69 bits per heavy atom. The molecule has 0 radical (unpaired) electrons. The van der Waals surface area contributed by atoms with Crippen molar-refractivity contribution in [2.75, 3.05) is 20.2 Å². The van der Waals surface area contributed by atoms with Crippen LogP contribution in [0.1, 0.15) is 23.7 Å². The van der Waals surface area contributed by atoms with E-state index in [2.05, 4.69) is 6.92 Å². The predicted molar refractivity (Wildman–Crippen MR) is 113 cm³/mol. The number of amides is 1. The summed E-state index contributed by atoms with van der Waals surface area (Å²) in [5, 5.41) is 4.77. The third kappa shape index (κ3) is 3.76. The molecule has 6 heteroatoms. The summed E-state index contributed by atoms with van der Waals surface area (Å²) in [4.78, 5) is 15.4. The van der Waals surface area contributed by atoms with Crippen LogP contribution in [0.15, 0.2) is 60.8 Å². The van der Waals surface area contributed by atoms with Gasteiger partial charge in [0.05, 0.1) is 18.4 Å². The number of methoxy groups -OCH3 is 1. The second-order valence-electron chi connectivity index (χ2n) is 7.55. The van der Waals surface area contributed by atoms with Crippen molar-refractivity contribution in [2.24, 2.45) is 11.7 Å².